The van der Waals surface area contributed by atoms with E-state index in [0.29, 0.717) is 16.2 Å². The molecule has 5 nitrogen and oxygen atoms in total. The molecule has 3 heterocycles. The SMILES string of the molecule is O=C(NC1CCSC2(CCC2)C1)c1cc(-c2ccco2)[nH]n1. The number of nitrogens with one attached hydrogen (secondary N) is 2. The van der Waals surface area contributed by atoms with Crippen LogP contribution in [0, 0.1) is 0 Å². The summed E-state index contributed by atoms with van der Waals surface area (Å²) in [6, 6.07) is 5.67. The summed E-state index contributed by atoms with van der Waals surface area (Å²) in [4.78, 5) is 12.4. The minimum absolute atomic E-state index is 0.0968. The molecule has 1 saturated carbocycles. The zero-order chi connectivity index (χ0) is 15.0. The fourth-order valence-corrected chi connectivity index (χ4v) is 5.06. The highest BCUT2D eigenvalue weighted by atomic mass is 32.2. The Hall–Kier alpha value is -1.69. The lowest BCUT2D eigenvalue weighted by Gasteiger charge is -2.47. The van der Waals surface area contributed by atoms with Gasteiger partial charge in [0.05, 0.1) is 6.26 Å². The number of aromatic nitrogens is 2. The molecular weight excluding hydrogens is 298 g/mol. The van der Waals surface area contributed by atoms with Gasteiger partial charge in [0.2, 0.25) is 0 Å². The number of hydrogen-bond donors (Lipinski definition) is 2. The maximum absolute atomic E-state index is 12.4. The molecule has 2 aromatic heterocycles. The predicted octanol–water partition coefficient (Wildman–Crippen LogP) is 3.22. The maximum atomic E-state index is 12.4. The number of rotatable bonds is 3. The molecule has 2 N–H and O–H groups in total. The summed E-state index contributed by atoms with van der Waals surface area (Å²) >= 11 is 2.10. The van der Waals surface area contributed by atoms with Gasteiger partial charge in [-0.15, -0.1) is 0 Å². The van der Waals surface area contributed by atoms with Gasteiger partial charge in [-0.25, -0.2) is 0 Å². The van der Waals surface area contributed by atoms with Crippen LogP contribution in [0.3, 0.4) is 0 Å². The summed E-state index contributed by atoms with van der Waals surface area (Å²) in [5, 5.41) is 10.1. The number of nitrogens with zero attached hydrogens (tertiary/aromatic N) is 1. The Morgan fingerprint density at radius 2 is 2.41 bits per heavy atom. The molecule has 2 aliphatic rings. The topological polar surface area (TPSA) is 70.9 Å². The van der Waals surface area contributed by atoms with Gasteiger partial charge in [-0.05, 0) is 43.6 Å². The van der Waals surface area contributed by atoms with Crippen LogP contribution in [-0.4, -0.2) is 32.6 Å². The van der Waals surface area contributed by atoms with Crippen molar-refractivity contribution < 1.29 is 9.21 Å². The smallest absolute Gasteiger partial charge is 0.272 e. The second-order valence-corrected chi connectivity index (χ2v) is 7.76. The quantitative estimate of drug-likeness (QED) is 0.912. The summed E-state index contributed by atoms with van der Waals surface area (Å²) in [5.74, 6) is 1.73. The van der Waals surface area contributed by atoms with E-state index in [-0.39, 0.29) is 11.9 Å². The molecule has 1 unspecified atom stereocenters. The van der Waals surface area contributed by atoms with Crippen molar-refractivity contribution in [1.29, 1.82) is 0 Å². The third-order valence-electron chi connectivity index (χ3n) is 4.69. The summed E-state index contributed by atoms with van der Waals surface area (Å²) in [5.41, 5.74) is 1.15. The van der Waals surface area contributed by atoms with Crippen molar-refractivity contribution in [3.05, 3.63) is 30.2 Å². The van der Waals surface area contributed by atoms with E-state index >= 15 is 0 Å². The van der Waals surface area contributed by atoms with Crippen LogP contribution in [0.5, 0.6) is 0 Å². The van der Waals surface area contributed by atoms with Crippen LogP contribution in [0.1, 0.15) is 42.6 Å². The van der Waals surface area contributed by atoms with Crippen LogP contribution >= 0.6 is 11.8 Å². The van der Waals surface area contributed by atoms with Crippen molar-refractivity contribution >= 4 is 17.7 Å². The van der Waals surface area contributed by atoms with Gasteiger partial charge >= 0.3 is 0 Å². The van der Waals surface area contributed by atoms with Crippen LogP contribution in [0.2, 0.25) is 0 Å². The number of aromatic amines is 1. The fourth-order valence-electron chi connectivity index (χ4n) is 3.33. The third-order valence-corrected chi connectivity index (χ3v) is 6.32. The van der Waals surface area contributed by atoms with Crippen molar-refractivity contribution in [2.75, 3.05) is 5.75 Å². The van der Waals surface area contributed by atoms with E-state index < -0.39 is 0 Å². The minimum Gasteiger partial charge on any atom is -0.463 e. The van der Waals surface area contributed by atoms with Crippen molar-refractivity contribution in [2.24, 2.45) is 0 Å². The molecule has 2 aromatic rings. The zero-order valence-electron chi connectivity index (χ0n) is 12.3. The van der Waals surface area contributed by atoms with E-state index in [4.69, 9.17) is 4.42 Å². The summed E-state index contributed by atoms with van der Waals surface area (Å²) < 4.78 is 5.75. The van der Waals surface area contributed by atoms with E-state index in [0.717, 1.165) is 24.3 Å². The molecule has 0 bridgehead atoms. The lowest BCUT2D eigenvalue weighted by atomic mass is 9.79. The first kappa shape index (κ1) is 13.9. The molecule has 1 aliphatic heterocycles. The number of thioether (sulfide) groups is 1. The molecule has 1 aliphatic carbocycles. The molecule has 6 heteroatoms. The number of carbonyl (C=O) groups excluding carboxylic acids is 1. The molecule has 1 spiro atoms. The Labute approximate surface area is 133 Å². The van der Waals surface area contributed by atoms with Gasteiger partial charge < -0.3 is 9.73 Å². The Kier molecular flexibility index (Phi) is 3.48. The van der Waals surface area contributed by atoms with Crippen molar-refractivity contribution in [2.45, 2.75) is 42.9 Å². The summed E-state index contributed by atoms with van der Waals surface area (Å²) in [6.45, 7) is 0. The first-order valence-corrected chi connectivity index (χ1v) is 8.77. The molecule has 1 saturated heterocycles. The molecule has 1 atom stereocenters. The van der Waals surface area contributed by atoms with Crippen LogP contribution in [0.15, 0.2) is 28.9 Å². The highest BCUT2D eigenvalue weighted by Gasteiger charge is 2.42. The van der Waals surface area contributed by atoms with E-state index in [1.165, 1.54) is 19.3 Å². The second kappa shape index (κ2) is 5.50. The number of furan rings is 1. The first-order chi connectivity index (χ1) is 10.7. The number of carbonyl (C=O) groups is 1. The molecule has 22 heavy (non-hydrogen) atoms. The van der Waals surface area contributed by atoms with Crippen molar-refractivity contribution in [3.8, 4) is 11.5 Å². The predicted molar refractivity (Wildman–Crippen MR) is 85.8 cm³/mol. The Bertz CT molecular complexity index is 661. The lowest BCUT2D eigenvalue weighted by molar-refractivity contribution is 0.0921. The third kappa shape index (κ3) is 2.56. The van der Waals surface area contributed by atoms with Gasteiger partial charge in [0.15, 0.2) is 11.5 Å². The Morgan fingerprint density at radius 1 is 1.50 bits per heavy atom. The van der Waals surface area contributed by atoms with Gasteiger partial charge in [0.25, 0.3) is 5.91 Å². The molecule has 116 valence electrons. The second-order valence-electron chi connectivity index (χ2n) is 6.19. The molecule has 1 amide bonds. The normalized spacial score (nSPS) is 23.2. The van der Waals surface area contributed by atoms with Crippen LogP contribution in [-0.2, 0) is 0 Å². The summed E-state index contributed by atoms with van der Waals surface area (Å²) in [7, 11) is 0. The van der Waals surface area contributed by atoms with Crippen LogP contribution < -0.4 is 5.32 Å². The van der Waals surface area contributed by atoms with Crippen LogP contribution in [0.4, 0.5) is 0 Å². The van der Waals surface area contributed by atoms with Gasteiger partial charge in [0, 0.05) is 16.9 Å². The number of H-pyrrole nitrogens is 1. The molecular formula is C16H19N3O2S. The fraction of sp³-hybridized carbons (Fsp3) is 0.500. The van der Waals surface area contributed by atoms with Gasteiger partial charge in [-0.2, -0.15) is 16.9 Å². The van der Waals surface area contributed by atoms with Gasteiger partial charge in [-0.1, -0.05) is 6.42 Å². The first-order valence-electron chi connectivity index (χ1n) is 7.78. The zero-order valence-corrected chi connectivity index (χ0v) is 13.1. The van der Waals surface area contributed by atoms with Gasteiger partial charge in [-0.3, -0.25) is 9.89 Å². The van der Waals surface area contributed by atoms with Gasteiger partial charge in [0.1, 0.15) is 5.69 Å². The average molecular weight is 317 g/mol. The highest BCUT2D eigenvalue weighted by molar-refractivity contribution is 8.00. The molecule has 4 rings (SSSR count). The van der Waals surface area contributed by atoms with Crippen molar-refractivity contribution in [3.63, 3.8) is 0 Å². The van der Waals surface area contributed by atoms with Crippen molar-refractivity contribution in [1.82, 2.24) is 15.5 Å². The Morgan fingerprint density at radius 3 is 3.14 bits per heavy atom. The maximum Gasteiger partial charge on any atom is 0.272 e. The lowest BCUT2D eigenvalue weighted by Crippen LogP contribution is -2.47. The molecule has 0 aromatic carbocycles. The summed E-state index contributed by atoms with van der Waals surface area (Å²) in [6.07, 6.45) is 7.68. The molecule has 2 fully saturated rings. The van der Waals surface area contributed by atoms with E-state index in [2.05, 4.69) is 27.3 Å². The van der Waals surface area contributed by atoms with E-state index in [9.17, 15) is 4.79 Å². The van der Waals surface area contributed by atoms with Crippen LogP contribution in [0.25, 0.3) is 11.5 Å². The largest absolute Gasteiger partial charge is 0.463 e. The number of hydrogen-bond acceptors (Lipinski definition) is 4. The average Bonchev–Trinajstić information content (AvgIpc) is 3.17. The van der Waals surface area contributed by atoms with E-state index in [1.807, 2.05) is 12.1 Å². The van der Waals surface area contributed by atoms with E-state index in [1.54, 1.807) is 12.3 Å². The Balaban J connectivity index is 1.42. The number of amides is 1. The monoisotopic (exact) mass is 317 g/mol. The highest BCUT2D eigenvalue weighted by Crippen LogP contribution is 2.50. The minimum atomic E-state index is -0.0968. The molecule has 0 radical (unpaired) electrons. The standard InChI is InChI=1S/C16H19N3O2S/c20-15(13-9-12(18-19-13)14-3-1-7-21-14)17-11-4-8-22-16(10-11)5-2-6-16/h1,3,7,9,11H,2,4-6,8,10H2,(H,17,20)(H,18,19).